The highest BCUT2D eigenvalue weighted by molar-refractivity contribution is 8.24. The Morgan fingerprint density at radius 2 is 1.38 bits per heavy atom. The molecule has 7 heteroatoms. The van der Waals surface area contributed by atoms with Crippen molar-refractivity contribution in [1.29, 1.82) is 0 Å². The Kier molecular flexibility index (Phi) is 15.3. The molecule has 2 rings (SSSR count). The lowest BCUT2D eigenvalue weighted by Gasteiger charge is -2.27. The number of rotatable bonds is 4. The molecule has 1 N–H and O–H groups in total. The number of hydrogen-bond acceptors (Lipinski definition) is 4. The highest BCUT2D eigenvalue weighted by Gasteiger charge is 2.24. The quantitative estimate of drug-likeness (QED) is 0.252. The standard InChI is InChI=1S/C35H26N4OS2/c1-5-8-9-10-11-12-13-14-15-16-17-18-19-20-21-22-27-36-34(40)39(42-35(41)38-28-23-24-29-38)33-26-25-32(30-31(33)4)37(6-2)7-3/h1,25-26,30H,6-7,23-24,28-29H2,2-4H3,(H,36,40). The number of amides is 2. The third-order valence-corrected chi connectivity index (χ3v) is 6.87. The summed E-state index contributed by atoms with van der Waals surface area (Å²) >= 11 is 6.88. The minimum absolute atomic E-state index is 0.417. The van der Waals surface area contributed by atoms with Crippen LogP contribution < -0.4 is 14.5 Å². The Labute approximate surface area is 260 Å². The minimum Gasteiger partial charge on any atom is -0.372 e. The molecule has 1 saturated heterocycles. The predicted octanol–water partition coefficient (Wildman–Crippen LogP) is 4.00. The van der Waals surface area contributed by atoms with E-state index >= 15 is 0 Å². The van der Waals surface area contributed by atoms with Crippen LogP contribution in [0.4, 0.5) is 16.2 Å². The first-order valence-corrected chi connectivity index (χ1v) is 14.1. The Hall–Kier alpha value is -5.43. The summed E-state index contributed by atoms with van der Waals surface area (Å²) in [5.41, 5.74) is 2.79. The monoisotopic (exact) mass is 582 g/mol. The molecule has 42 heavy (non-hydrogen) atoms. The maximum absolute atomic E-state index is 13.2. The van der Waals surface area contributed by atoms with Crippen molar-refractivity contribution in [2.24, 2.45) is 0 Å². The maximum atomic E-state index is 13.2. The van der Waals surface area contributed by atoms with Crippen LogP contribution in [-0.4, -0.2) is 41.4 Å². The first-order chi connectivity index (χ1) is 20.5. The lowest BCUT2D eigenvalue weighted by molar-refractivity contribution is 0.253. The van der Waals surface area contributed by atoms with Crippen LogP contribution in [0, 0.1) is 114 Å². The minimum atomic E-state index is -0.417. The van der Waals surface area contributed by atoms with E-state index in [1.807, 2.05) is 19.1 Å². The average Bonchev–Trinajstić information content (AvgIpc) is 3.54. The van der Waals surface area contributed by atoms with E-state index in [0.29, 0.717) is 4.32 Å². The fraction of sp³-hybridized carbons (Fsp3) is 0.257. The highest BCUT2D eigenvalue weighted by atomic mass is 32.2. The topological polar surface area (TPSA) is 38.8 Å². The summed E-state index contributed by atoms with van der Waals surface area (Å²) in [4.78, 5) is 17.6. The van der Waals surface area contributed by atoms with Gasteiger partial charge in [0.1, 0.15) is 0 Å². The number of thiocarbonyl (C=S) groups is 1. The van der Waals surface area contributed by atoms with Crippen LogP contribution >= 0.6 is 24.2 Å². The van der Waals surface area contributed by atoms with Crippen LogP contribution in [0.2, 0.25) is 0 Å². The van der Waals surface area contributed by atoms with Gasteiger partial charge in [-0.2, -0.15) is 0 Å². The smallest absolute Gasteiger partial charge is 0.344 e. The van der Waals surface area contributed by atoms with Gasteiger partial charge in [-0.3, -0.25) is 5.32 Å². The lowest BCUT2D eigenvalue weighted by atomic mass is 10.1. The molecule has 0 bridgehead atoms. The van der Waals surface area contributed by atoms with Crippen LogP contribution in [-0.2, 0) is 0 Å². The van der Waals surface area contributed by atoms with E-state index < -0.39 is 6.03 Å². The van der Waals surface area contributed by atoms with Gasteiger partial charge in [-0.25, -0.2) is 9.10 Å². The number of hydrogen-bond donors (Lipinski definition) is 1. The fourth-order valence-corrected chi connectivity index (χ4v) is 4.79. The van der Waals surface area contributed by atoms with Gasteiger partial charge in [0.15, 0.2) is 4.32 Å². The number of nitrogens with one attached hydrogen (secondary N) is 1. The molecule has 0 radical (unpaired) electrons. The van der Waals surface area contributed by atoms with Crippen molar-refractivity contribution in [1.82, 2.24) is 10.2 Å². The second-order valence-corrected chi connectivity index (χ2v) is 9.64. The zero-order chi connectivity index (χ0) is 30.4. The van der Waals surface area contributed by atoms with Crippen molar-refractivity contribution in [2.75, 3.05) is 35.4 Å². The fourth-order valence-electron chi connectivity index (χ4n) is 3.50. The molecule has 0 aromatic heterocycles. The molecule has 0 atom stereocenters. The number of carbonyl (C=O) groups excluding carboxylic acids is 1. The van der Waals surface area contributed by atoms with E-state index in [9.17, 15) is 4.79 Å². The molecule has 1 aliphatic heterocycles. The van der Waals surface area contributed by atoms with Crippen LogP contribution in [0.3, 0.4) is 0 Å². The Morgan fingerprint density at radius 1 is 0.881 bits per heavy atom. The Morgan fingerprint density at radius 3 is 1.86 bits per heavy atom. The van der Waals surface area contributed by atoms with Crippen molar-refractivity contribution < 1.29 is 4.79 Å². The van der Waals surface area contributed by atoms with Gasteiger partial charge >= 0.3 is 6.03 Å². The van der Waals surface area contributed by atoms with Crippen molar-refractivity contribution in [2.45, 2.75) is 33.6 Å². The lowest BCUT2D eigenvalue weighted by Crippen LogP contribution is -2.37. The number of nitrogens with zero attached hydrogens (tertiary/aromatic N) is 3. The number of terminal acetylenes is 1. The van der Waals surface area contributed by atoms with Crippen molar-refractivity contribution in [3.8, 4) is 107 Å². The number of likely N-dealkylation sites (tertiary alicyclic amines) is 1. The number of benzene rings is 1. The van der Waals surface area contributed by atoms with E-state index in [2.05, 4.69) is 136 Å². The van der Waals surface area contributed by atoms with Crippen molar-refractivity contribution in [3.63, 3.8) is 0 Å². The van der Waals surface area contributed by atoms with Gasteiger partial charge < -0.3 is 9.80 Å². The van der Waals surface area contributed by atoms with Gasteiger partial charge in [0.25, 0.3) is 0 Å². The van der Waals surface area contributed by atoms with E-state index in [1.165, 1.54) is 11.9 Å². The van der Waals surface area contributed by atoms with E-state index in [1.54, 1.807) is 4.31 Å². The van der Waals surface area contributed by atoms with Crippen LogP contribution in [0.15, 0.2) is 18.2 Å². The van der Waals surface area contributed by atoms with Crippen LogP contribution in [0.5, 0.6) is 0 Å². The number of aryl methyl sites for hydroxylation is 1. The molecule has 5 nitrogen and oxygen atoms in total. The van der Waals surface area contributed by atoms with Crippen LogP contribution in [0.25, 0.3) is 0 Å². The van der Waals surface area contributed by atoms with Gasteiger partial charge in [-0.1, -0.05) is 12.2 Å². The van der Waals surface area contributed by atoms with E-state index in [-0.39, 0.29) is 0 Å². The first-order valence-electron chi connectivity index (χ1n) is 12.9. The third kappa shape index (κ3) is 11.8. The summed E-state index contributed by atoms with van der Waals surface area (Å²) in [7, 11) is 0. The summed E-state index contributed by atoms with van der Waals surface area (Å²) in [6.45, 7) is 9.78. The second kappa shape index (κ2) is 19.6. The third-order valence-electron chi connectivity index (χ3n) is 5.42. The van der Waals surface area contributed by atoms with Crippen LogP contribution in [0.1, 0.15) is 32.3 Å². The maximum Gasteiger partial charge on any atom is 0.344 e. The molecule has 1 aromatic carbocycles. The van der Waals surface area contributed by atoms with Gasteiger partial charge in [-0.05, 0) is 105 Å². The first kappa shape index (κ1) is 32.8. The zero-order valence-corrected chi connectivity index (χ0v) is 25.3. The van der Waals surface area contributed by atoms with E-state index in [0.717, 1.165) is 56.0 Å². The molecule has 0 spiro atoms. The summed E-state index contributed by atoms with van der Waals surface area (Å²) in [6.07, 6.45) is 7.14. The highest BCUT2D eigenvalue weighted by Crippen LogP contribution is 2.32. The predicted molar refractivity (Wildman–Crippen MR) is 178 cm³/mol. The van der Waals surface area contributed by atoms with Crippen molar-refractivity contribution >= 4 is 45.9 Å². The summed E-state index contributed by atoms with van der Waals surface area (Å²) in [5.74, 6) is 39.7. The second-order valence-electron chi connectivity index (χ2n) is 8.06. The number of carbonyl (C=O) groups is 1. The summed E-state index contributed by atoms with van der Waals surface area (Å²) in [6, 6.07) is 8.19. The summed E-state index contributed by atoms with van der Waals surface area (Å²) < 4.78 is 2.20. The van der Waals surface area contributed by atoms with Gasteiger partial charge in [-0.15, -0.1) is 6.42 Å². The molecule has 0 aliphatic carbocycles. The number of urea groups is 1. The number of anilines is 2. The molecule has 1 heterocycles. The van der Waals surface area contributed by atoms with E-state index in [4.69, 9.17) is 18.6 Å². The van der Waals surface area contributed by atoms with Crippen molar-refractivity contribution in [3.05, 3.63) is 23.8 Å². The molecule has 204 valence electrons. The molecular formula is C35H26N4OS2. The zero-order valence-electron chi connectivity index (χ0n) is 23.6. The molecule has 0 saturated carbocycles. The van der Waals surface area contributed by atoms with Gasteiger partial charge in [0.05, 0.1) is 5.69 Å². The average molecular weight is 583 g/mol. The van der Waals surface area contributed by atoms with Gasteiger partial charge in [0, 0.05) is 97.2 Å². The molecule has 1 aliphatic rings. The summed E-state index contributed by atoms with van der Waals surface area (Å²) in [5, 5.41) is 2.59. The SMILES string of the molecule is C#CC#CC#CC#CC#CC#CC#CC#CC#CNC(=O)N(SC(=S)N1CCCC1)c1ccc(N(CC)CC)cc1C. The molecule has 1 fully saturated rings. The van der Waals surface area contributed by atoms with Gasteiger partial charge in [0.2, 0.25) is 0 Å². The normalized spacial score (nSPS) is 9.71. The largest absolute Gasteiger partial charge is 0.372 e. The Balaban J connectivity index is 2.07. The Bertz CT molecular complexity index is 1730. The molecule has 0 unspecified atom stereocenters. The molecular weight excluding hydrogens is 557 g/mol. The molecule has 2 amide bonds. The molecule has 1 aromatic rings.